The molecule has 1 aromatic heterocycles. The summed E-state index contributed by atoms with van der Waals surface area (Å²) in [5.74, 6) is 1.10. The number of halogens is 1. The fourth-order valence-electron chi connectivity index (χ4n) is 1.57. The average molecular weight is 327 g/mol. The first kappa shape index (κ1) is 13.1. The van der Waals surface area contributed by atoms with E-state index in [2.05, 4.69) is 15.9 Å². The van der Waals surface area contributed by atoms with E-state index in [0.29, 0.717) is 26.4 Å². The van der Waals surface area contributed by atoms with Crippen LogP contribution in [0.5, 0.6) is 11.5 Å². The molecule has 0 aliphatic heterocycles. The quantitative estimate of drug-likeness (QED) is 0.802. The van der Waals surface area contributed by atoms with E-state index in [1.54, 1.807) is 32.4 Å². The van der Waals surface area contributed by atoms with Crippen LogP contribution in [0.15, 0.2) is 34.1 Å². The topological polar surface area (TPSA) is 35.5 Å². The van der Waals surface area contributed by atoms with Crippen LogP contribution < -0.4 is 9.47 Å². The number of hydrogen-bond donors (Lipinski definition) is 0. The van der Waals surface area contributed by atoms with Gasteiger partial charge in [-0.05, 0) is 39.5 Å². The predicted octanol–water partition coefficient (Wildman–Crippen LogP) is 3.76. The number of ether oxygens (including phenoxy) is 2. The highest BCUT2D eigenvalue weighted by Crippen LogP contribution is 2.34. The van der Waals surface area contributed by atoms with E-state index in [1.165, 1.54) is 11.3 Å². The second-order valence-electron chi connectivity index (χ2n) is 3.49. The Bertz CT molecular complexity index is 564. The van der Waals surface area contributed by atoms with E-state index in [1.807, 2.05) is 11.4 Å². The smallest absolute Gasteiger partial charge is 0.204 e. The summed E-state index contributed by atoms with van der Waals surface area (Å²) in [4.78, 5) is 13.0. The molecule has 1 heterocycles. The molecule has 0 saturated carbocycles. The van der Waals surface area contributed by atoms with Gasteiger partial charge in [-0.2, -0.15) is 0 Å². The Morgan fingerprint density at radius 2 is 1.89 bits per heavy atom. The highest BCUT2D eigenvalue weighted by atomic mass is 79.9. The van der Waals surface area contributed by atoms with Crippen LogP contribution in [0.4, 0.5) is 0 Å². The summed E-state index contributed by atoms with van der Waals surface area (Å²) < 4.78 is 11.1. The number of benzene rings is 1. The van der Waals surface area contributed by atoms with Gasteiger partial charge in [0.15, 0.2) is 11.5 Å². The lowest BCUT2D eigenvalue weighted by atomic mass is 10.1. The second-order valence-corrected chi connectivity index (χ2v) is 5.30. The largest absolute Gasteiger partial charge is 0.493 e. The maximum Gasteiger partial charge on any atom is 0.204 e. The van der Waals surface area contributed by atoms with Gasteiger partial charge < -0.3 is 9.47 Å². The summed E-state index contributed by atoms with van der Waals surface area (Å²) in [5, 5.41) is 1.88. The van der Waals surface area contributed by atoms with Gasteiger partial charge in [-0.1, -0.05) is 6.07 Å². The van der Waals surface area contributed by atoms with Crippen molar-refractivity contribution in [1.29, 1.82) is 0 Å². The number of thiophene rings is 1. The van der Waals surface area contributed by atoms with E-state index < -0.39 is 0 Å². The zero-order chi connectivity index (χ0) is 13.1. The lowest BCUT2D eigenvalue weighted by Crippen LogP contribution is -2.02. The van der Waals surface area contributed by atoms with E-state index in [4.69, 9.17) is 9.47 Å². The number of rotatable bonds is 4. The van der Waals surface area contributed by atoms with Gasteiger partial charge in [0.25, 0.3) is 0 Å². The molecule has 0 bridgehead atoms. The van der Waals surface area contributed by atoms with Crippen LogP contribution in [-0.4, -0.2) is 20.0 Å². The molecule has 0 radical (unpaired) electrons. The minimum Gasteiger partial charge on any atom is -0.493 e. The van der Waals surface area contributed by atoms with Gasteiger partial charge in [-0.25, -0.2) is 0 Å². The SMILES string of the molecule is COc1cc(Br)c(C(=O)c2cccs2)cc1OC. The van der Waals surface area contributed by atoms with Crippen molar-refractivity contribution in [3.8, 4) is 11.5 Å². The van der Waals surface area contributed by atoms with Crippen LogP contribution in [0.2, 0.25) is 0 Å². The van der Waals surface area contributed by atoms with E-state index in [0.717, 1.165) is 0 Å². The Labute approximate surface area is 117 Å². The number of ketones is 1. The molecule has 1 aromatic carbocycles. The number of methoxy groups -OCH3 is 2. The molecule has 2 aromatic rings. The molecule has 0 atom stereocenters. The van der Waals surface area contributed by atoms with E-state index in [-0.39, 0.29) is 5.78 Å². The second kappa shape index (κ2) is 5.54. The molecule has 0 aliphatic carbocycles. The molecule has 0 fully saturated rings. The first-order valence-corrected chi connectivity index (χ1v) is 6.84. The third-order valence-electron chi connectivity index (χ3n) is 2.46. The zero-order valence-electron chi connectivity index (χ0n) is 9.90. The lowest BCUT2D eigenvalue weighted by Gasteiger charge is -2.10. The van der Waals surface area contributed by atoms with Crippen molar-refractivity contribution in [3.05, 3.63) is 44.6 Å². The van der Waals surface area contributed by atoms with Crippen LogP contribution in [-0.2, 0) is 0 Å². The summed E-state index contributed by atoms with van der Waals surface area (Å²) in [7, 11) is 3.11. The predicted molar refractivity (Wildman–Crippen MR) is 75.0 cm³/mol. The number of carbonyl (C=O) groups excluding carboxylic acids is 1. The van der Waals surface area contributed by atoms with Gasteiger partial charge >= 0.3 is 0 Å². The third-order valence-corrected chi connectivity index (χ3v) is 3.99. The molecule has 3 nitrogen and oxygen atoms in total. The minimum atomic E-state index is -0.0298. The Balaban J connectivity index is 2.48. The van der Waals surface area contributed by atoms with Crippen molar-refractivity contribution < 1.29 is 14.3 Å². The standard InChI is InChI=1S/C13H11BrO3S/c1-16-10-6-8(9(14)7-11(10)17-2)13(15)12-4-3-5-18-12/h3-7H,1-2H3. The van der Waals surface area contributed by atoms with E-state index in [9.17, 15) is 4.79 Å². The fourth-order valence-corrected chi connectivity index (χ4v) is 2.75. The lowest BCUT2D eigenvalue weighted by molar-refractivity contribution is 0.104. The van der Waals surface area contributed by atoms with Crippen LogP contribution in [0.25, 0.3) is 0 Å². The summed E-state index contributed by atoms with van der Waals surface area (Å²) in [6.07, 6.45) is 0. The maximum absolute atomic E-state index is 12.3. The first-order valence-electron chi connectivity index (χ1n) is 5.17. The van der Waals surface area contributed by atoms with Gasteiger partial charge in [-0.15, -0.1) is 11.3 Å². The number of carbonyl (C=O) groups is 1. The van der Waals surface area contributed by atoms with E-state index >= 15 is 0 Å². The van der Waals surface area contributed by atoms with Crippen molar-refractivity contribution in [2.24, 2.45) is 0 Å². The summed E-state index contributed by atoms with van der Waals surface area (Å²) in [6, 6.07) is 7.08. The molecule has 94 valence electrons. The van der Waals surface area contributed by atoms with Crippen LogP contribution in [0.1, 0.15) is 15.2 Å². The molecule has 0 saturated heterocycles. The molecule has 2 rings (SSSR count). The first-order chi connectivity index (χ1) is 8.67. The Kier molecular flexibility index (Phi) is 4.04. The summed E-state index contributed by atoms with van der Waals surface area (Å²) in [6.45, 7) is 0. The van der Waals surface area contributed by atoms with Crippen LogP contribution in [0, 0.1) is 0 Å². The van der Waals surface area contributed by atoms with Crippen LogP contribution in [0.3, 0.4) is 0 Å². The molecule has 0 aliphatic rings. The van der Waals surface area contributed by atoms with Crippen molar-refractivity contribution in [1.82, 2.24) is 0 Å². The molecular formula is C13H11BrO3S. The van der Waals surface area contributed by atoms with Gasteiger partial charge in [0, 0.05) is 10.0 Å². The normalized spacial score (nSPS) is 10.2. The maximum atomic E-state index is 12.3. The molecule has 0 N–H and O–H groups in total. The molecule has 5 heteroatoms. The average Bonchev–Trinajstić information content (AvgIpc) is 2.91. The van der Waals surface area contributed by atoms with Gasteiger partial charge in [-0.3, -0.25) is 4.79 Å². The molecule has 0 amide bonds. The zero-order valence-corrected chi connectivity index (χ0v) is 12.3. The minimum absolute atomic E-state index is 0.0298. The Morgan fingerprint density at radius 3 is 2.44 bits per heavy atom. The number of hydrogen-bond acceptors (Lipinski definition) is 4. The van der Waals surface area contributed by atoms with Crippen molar-refractivity contribution >= 4 is 33.0 Å². The highest BCUT2D eigenvalue weighted by molar-refractivity contribution is 9.10. The van der Waals surface area contributed by atoms with Gasteiger partial charge in [0.2, 0.25) is 5.78 Å². The Hall–Kier alpha value is -1.33. The van der Waals surface area contributed by atoms with Crippen molar-refractivity contribution in [2.45, 2.75) is 0 Å². The summed E-state index contributed by atoms with van der Waals surface area (Å²) >= 11 is 4.80. The van der Waals surface area contributed by atoms with Crippen LogP contribution >= 0.6 is 27.3 Å². The molecular weight excluding hydrogens is 316 g/mol. The highest BCUT2D eigenvalue weighted by Gasteiger charge is 2.17. The van der Waals surface area contributed by atoms with Gasteiger partial charge in [0.05, 0.1) is 19.1 Å². The van der Waals surface area contributed by atoms with Crippen molar-refractivity contribution in [2.75, 3.05) is 14.2 Å². The van der Waals surface area contributed by atoms with Gasteiger partial charge in [0.1, 0.15) is 0 Å². The third kappa shape index (κ3) is 2.42. The molecule has 0 spiro atoms. The Morgan fingerprint density at radius 1 is 1.22 bits per heavy atom. The summed E-state index contributed by atoms with van der Waals surface area (Å²) in [5.41, 5.74) is 0.565. The van der Waals surface area contributed by atoms with Crippen molar-refractivity contribution in [3.63, 3.8) is 0 Å². The monoisotopic (exact) mass is 326 g/mol. The fraction of sp³-hybridized carbons (Fsp3) is 0.154. The molecule has 18 heavy (non-hydrogen) atoms. The molecule has 0 unspecified atom stereocenters.